The van der Waals surface area contributed by atoms with E-state index < -0.39 is 12.1 Å². The quantitative estimate of drug-likeness (QED) is 0.887. The first-order valence-electron chi connectivity index (χ1n) is 7.39. The average Bonchev–Trinajstić information content (AvgIpc) is 2.84. The molecule has 2 heterocycles. The van der Waals surface area contributed by atoms with E-state index in [1.54, 1.807) is 0 Å². The van der Waals surface area contributed by atoms with Gasteiger partial charge in [-0.15, -0.1) is 0 Å². The predicted molar refractivity (Wildman–Crippen MR) is 80.3 cm³/mol. The number of aliphatic carboxylic acids is 1. The van der Waals surface area contributed by atoms with Gasteiger partial charge in [-0.05, 0) is 26.7 Å². The second-order valence-corrected chi connectivity index (χ2v) is 5.75. The molecule has 0 radical (unpaired) electrons. The molecule has 0 aliphatic carbocycles. The molecule has 1 aromatic rings. The lowest BCUT2D eigenvalue weighted by Gasteiger charge is -2.35. The van der Waals surface area contributed by atoms with Crippen molar-refractivity contribution in [1.29, 1.82) is 0 Å². The maximum atomic E-state index is 10.6. The van der Waals surface area contributed by atoms with Gasteiger partial charge < -0.3 is 15.3 Å². The van der Waals surface area contributed by atoms with E-state index in [1.807, 2.05) is 24.1 Å². The van der Waals surface area contributed by atoms with Crippen LogP contribution in [0, 0.1) is 0 Å². The Labute approximate surface area is 133 Å². The summed E-state index contributed by atoms with van der Waals surface area (Å²) >= 11 is 0. The Morgan fingerprint density at radius 1 is 1.39 bits per heavy atom. The highest BCUT2D eigenvalue weighted by atomic mass is 19.4. The van der Waals surface area contributed by atoms with E-state index in [9.17, 15) is 13.2 Å². The Hall–Kier alpha value is -1.77. The van der Waals surface area contributed by atoms with E-state index in [4.69, 9.17) is 9.90 Å². The third-order valence-electron chi connectivity index (χ3n) is 3.58. The number of hydrogen-bond acceptors (Lipinski definition) is 4. The van der Waals surface area contributed by atoms with Crippen molar-refractivity contribution in [1.82, 2.24) is 14.7 Å². The molecule has 1 aliphatic rings. The Kier molecular flexibility index (Phi) is 6.86. The number of nitrogens with zero attached hydrogens (tertiary/aromatic N) is 3. The average molecular weight is 336 g/mol. The number of hydrogen-bond donors (Lipinski definition) is 2. The molecule has 6 nitrogen and oxygen atoms in total. The molecule has 1 aromatic heterocycles. The fourth-order valence-corrected chi connectivity index (χ4v) is 2.29. The second-order valence-electron chi connectivity index (χ2n) is 5.75. The number of nitrogens with one attached hydrogen (secondary N) is 1. The van der Waals surface area contributed by atoms with Gasteiger partial charge in [-0.3, -0.25) is 4.68 Å². The Morgan fingerprint density at radius 3 is 2.26 bits per heavy atom. The first-order valence-corrected chi connectivity index (χ1v) is 7.39. The van der Waals surface area contributed by atoms with Crippen molar-refractivity contribution in [2.24, 2.45) is 7.05 Å². The Morgan fingerprint density at radius 2 is 1.91 bits per heavy atom. The molecular formula is C14H23F3N4O2. The van der Waals surface area contributed by atoms with Crippen LogP contribution in [0.4, 0.5) is 18.9 Å². The van der Waals surface area contributed by atoms with Gasteiger partial charge in [0, 0.05) is 38.4 Å². The molecule has 1 aliphatic heterocycles. The topological polar surface area (TPSA) is 70.4 Å². The molecule has 2 rings (SSSR count). The van der Waals surface area contributed by atoms with E-state index in [2.05, 4.69) is 29.2 Å². The second kappa shape index (κ2) is 8.19. The number of halogens is 3. The van der Waals surface area contributed by atoms with Crippen molar-refractivity contribution in [3.05, 3.63) is 12.4 Å². The van der Waals surface area contributed by atoms with Crippen molar-refractivity contribution in [2.75, 3.05) is 18.4 Å². The Balaban J connectivity index is 0.000000322. The Bertz CT molecular complexity index is 494. The van der Waals surface area contributed by atoms with Gasteiger partial charge in [-0.2, -0.15) is 18.3 Å². The van der Waals surface area contributed by atoms with Gasteiger partial charge in [-0.25, -0.2) is 4.79 Å². The molecule has 0 saturated carbocycles. The van der Waals surface area contributed by atoms with E-state index >= 15 is 0 Å². The molecule has 9 heteroatoms. The molecule has 1 fully saturated rings. The molecule has 132 valence electrons. The number of aromatic nitrogens is 2. The van der Waals surface area contributed by atoms with Crippen LogP contribution < -0.4 is 5.32 Å². The van der Waals surface area contributed by atoms with Crippen LogP contribution in [0.3, 0.4) is 0 Å². The van der Waals surface area contributed by atoms with Crippen LogP contribution in [-0.2, 0) is 11.8 Å². The SMILES string of the molecule is CC(C)N1CCC(Nc2cnn(C)c2)CC1.O=C(O)C(F)(F)F. The largest absolute Gasteiger partial charge is 0.490 e. The monoisotopic (exact) mass is 336 g/mol. The summed E-state index contributed by atoms with van der Waals surface area (Å²) in [5, 5.41) is 14.8. The maximum Gasteiger partial charge on any atom is 0.490 e. The molecular weight excluding hydrogens is 313 g/mol. The van der Waals surface area contributed by atoms with Crippen LogP contribution in [0.1, 0.15) is 26.7 Å². The lowest BCUT2D eigenvalue weighted by Crippen LogP contribution is -2.42. The predicted octanol–water partition coefficient (Wildman–Crippen LogP) is 2.34. The lowest BCUT2D eigenvalue weighted by atomic mass is 10.0. The van der Waals surface area contributed by atoms with Crippen molar-refractivity contribution < 1.29 is 23.1 Å². The molecule has 1 saturated heterocycles. The molecule has 0 bridgehead atoms. The zero-order valence-electron chi connectivity index (χ0n) is 13.5. The van der Waals surface area contributed by atoms with Crippen LogP contribution in [0.15, 0.2) is 12.4 Å². The minimum atomic E-state index is -5.08. The van der Waals surface area contributed by atoms with Crippen LogP contribution in [0.2, 0.25) is 0 Å². The van der Waals surface area contributed by atoms with E-state index in [1.165, 1.54) is 25.9 Å². The number of carbonyl (C=O) groups is 1. The normalized spacial score (nSPS) is 16.8. The minimum Gasteiger partial charge on any atom is -0.475 e. The van der Waals surface area contributed by atoms with Gasteiger partial charge >= 0.3 is 12.1 Å². The highest BCUT2D eigenvalue weighted by Gasteiger charge is 2.38. The number of alkyl halides is 3. The highest BCUT2D eigenvalue weighted by molar-refractivity contribution is 5.73. The molecule has 0 aromatic carbocycles. The van der Waals surface area contributed by atoms with Crippen LogP contribution in [-0.4, -0.2) is 57.1 Å². The van der Waals surface area contributed by atoms with Crippen LogP contribution >= 0.6 is 0 Å². The van der Waals surface area contributed by atoms with Crippen molar-refractivity contribution in [3.63, 3.8) is 0 Å². The number of piperidine rings is 1. The summed E-state index contributed by atoms with van der Waals surface area (Å²) in [6.07, 6.45) is 1.31. The van der Waals surface area contributed by atoms with Gasteiger partial charge in [0.2, 0.25) is 0 Å². The summed E-state index contributed by atoms with van der Waals surface area (Å²) in [7, 11) is 1.95. The fraction of sp³-hybridized carbons (Fsp3) is 0.714. The molecule has 2 N–H and O–H groups in total. The summed E-state index contributed by atoms with van der Waals surface area (Å²) < 4.78 is 33.6. The summed E-state index contributed by atoms with van der Waals surface area (Å²) in [6.45, 7) is 6.95. The van der Waals surface area contributed by atoms with E-state index in [0.29, 0.717) is 12.1 Å². The molecule has 0 unspecified atom stereocenters. The first kappa shape index (κ1) is 19.3. The smallest absolute Gasteiger partial charge is 0.475 e. The maximum absolute atomic E-state index is 10.6. The standard InChI is InChI=1S/C12H22N4.C2HF3O2/c1-10(2)16-6-4-11(5-7-16)14-12-8-13-15(3)9-12;3-2(4,5)1(6)7/h8-11,14H,4-7H2,1-3H3;(H,6,7). The molecule has 0 atom stereocenters. The fourth-order valence-electron chi connectivity index (χ4n) is 2.29. The minimum absolute atomic E-state index is 0.610. The number of likely N-dealkylation sites (tertiary alicyclic amines) is 1. The van der Waals surface area contributed by atoms with Gasteiger partial charge in [0.15, 0.2) is 0 Å². The van der Waals surface area contributed by atoms with Crippen molar-refractivity contribution in [3.8, 4) is 0 Å². The van der Waals surface area contributed by atoms with Gasteiger partial charge in [0.25, 0.3) is 0 Å². The lowest BCUT2D eigenvalue weighted by molar-refractivity contribution is -0.192. The highest BCUT2D eigenvalue weighted by Crippen LogP contribution is 2.17. The third kappa shape index (κ3) is 6.89. The molecule has 0 spiro atoms. The number of carboxylic acid groups (broad SMARTS) is 1. The molecule has 23 heavy (non-hydrogen) atoms. The van der Waals surface area contributed by atoms with E-state index in [0.717, 1.165) is 5.69 Å². The first-order chi connectivity index (χ1) is 10.6. The number of anilines is 1. The van der Waals surface area contributed by atoms with Crippen LogP contribution in [0.5, 0.6) is 0 Å². The van der Waals surface area contributed by atoms with E-state index in [-0.39, 0.29) is 0 Å². The number of aryl methyl sites for hydroxylation is 1. The number of rotatable bonds is 3. The van der Waals surface area contributed by atoms with Crippen molar-refractivity contribution in [2.45, 2.75) is 44.9 Å². The van der Waals surface area contributed by atoms with Gasteiger partial charge in [0.1, 0.15) is 0 Å². The zero-order chi connectivity index (χ0) is 17.6. The summed E-state index contributed by atoms with van der Waals surface area (Å²) in [6, 6.07) is 1.29. The third-order valence-corrected chi connectivity index (χ3v) is 3.58. The van der Waals surface area contributed by atoms with Crippen molar-refractivity contribution >= 4 is 11.7 Å². The summed E-state index contributed by atoms with van der Waals surface area (Å²) in [5.74, 6) is -2.76. The summed E-state index contributed by atoms with van der Waals surface area (Å²) in [4.78, 5) is 11.4. The van der Waals surface area contributed by atoms with Crippen LogP contribution in [0.25, 0.3) is 0 Å². The van der Waals surface area contributed by atoms with Gasteiger partial charge in [-0.1, -0.05) is 0 Å². The zero-order valence-corrected chi connectivity index (χ0v) is 13.5. The molecule has 0 amide bonds. The van der Waals surface area contributed by atoms with Gasteiger partial charge in [0.05, 0.1) is 11.9 Å². The summed E-state index contributed by atoms with van der Waals surface area (Å²) in [5.41, 5.74) is 1.14. The number of carboxylic acids is 1.